The molecule has 0 aliphatic heterocycles. The molecule has 0 saturated carbocycles. The number of benzene rings is 8. The molecule has 14 rings (SSSR count). The molecule has 0 atom stereocenters. The summed E-state index contributed by atoms with van der Waals surface area (Å²) in [7, 11) is 0. The van der Waals surface area contributed by atoms with Crippen molar-refractivity contribution in [2.75, 3.05) is 0 Å². The van der Waals surface area contributed by atoms with Crippen LogP contribution in [0.4, 0.5) is 0 Å². The molecule has 14 aromatic rings. The minimum absolute atomic E-state index is 0.324. The normalized spacial score (nSPS) is 11.8. The Morgan fingerprint density at radius 1 is 0.290 bits per heavy atom. The maximum absolute atomic E-state index is 6.16. The molecule has 0 unspecified atom stereocenters. The number of pyridine rings is 1. The van der Waals surface area contributed by atoms with Crippen LogP contribution in [0.1, 0.15) is 0 Å². The van der Waals surface area contributed by atoms with Crippen molar-refractivity contribution in [1.29, 1.82) is 0 Å². The second kappa shape index (κ2) is 15.5. The van der Waals surface area contributed by atoms with E-state index in [4.69, 9.17) is 39.3 Å². The third-order valence-corrected chi connectivity index (χ3v) is 12.9. The number of furan rings is 1. The summed E-state index contributed by atoms with van der Waals surface area (Å²) in [5, 5.41) is 6.49. The molecule has 0 radical (unpaired) electrons. The second-order valence-electron chi connectivity index (χ2n) is 16.9. The van der Waals surface area contributed by atoms with Crippen molar-refractivity contribution < 1.29 is 4.42 Å². The Morgan fingerprint density at radius 3 is 1.41 bits per heavy atom. The first-order chi connectivity index (χ1) is 34.2. The summed E-state index contributed by atoms with van der Waals surface area (Å²) in [6.45, 7) is 0. The Kier molecular flexibility index (Phi) is 8.65. The van der Waals surface area contributed by atoms with E-state index < -0.39 is 0 Å². The monoisotopic (exact) mass is 885 g/mol. The van der Waals surface area contributed by atoms with Gasteiger partial charge in [-0.15, -0.1) is 0 Å². The van der Waals surface area contributed by atoms with Crippen molar-refractivity contribution >= 4 is 65.6 Å². The predicted octanol–water partition coefficient (Wildman–Crippen LogP) is 13.9. The van der Waals surface area contributed by atoms with E-state index in [-0.39, 0.29) is 0 Å². The van der Waals surface area contributed by atoms with Gasteiger partial charge in [-0.3, -0.25) is 9.13 Å². The number of rotatable bonds is 7. The van der Waals surface area contributed by atoms with Crippen molar-refractivity contribution in [2.45, 2.75) is 0 Å². The van der Waals surface area contributed by atoms with E-state index in [1.807, 2.05) is 115 Å². The Hall–Kier alpha value is -9.67. The van der Waals surface area contributed by atoms with Gasteiger partial charge in [0, 0.05) is 54.6 Å². The SMILES string of the molecule is c1ccc(-c2nc(-c3ccccc3)nc(-c3nc(-c4ccccc4)nc(-n4c5ccccc5c5c6c7ccccc7n(-c7cccc(-c8ccc9oc%10ccccc%10c9c8)n7)c6ccc54)n3)n2)cc1. The van der Waals surface area contributed by atoms with Crippen molar-refractivity contribution in [3.8, 4) is 68.8 Å². The van der Waals surface area contributed by atoms with Crippen LogP contribution in [-0.2, 0) is 0 Å². The van der Waals surface area contributed by atoms with Gasteiger partial charge in [-0.25, -0.2) is 24.9 Å². The quantitative estimate of drug-likeness (QED) is 0.155. The van der Waals surface area contributed by atoms with Crippen molar-refractivity contribution in [2.24, 2.45) is 0 Å². The average Bonchev–Trinajstić information content (AvgIpc) is 4.09. The zero-order chi connectivity index (χ0) is 45.4. The highest BCUT2D eigenvalue weighted by molar-refractivity contribution is 6.28. The van der Waals surface area contributed by atoms with E-state index in [1.165, 1.54) is 0 Å². The van der Waals surface area contributed by atoms with Crippen LogP contribution in [-0.4, -0.2) is 44.0 Å². The smallest absolute Gasteiger partial charge is 0.238 e. The van der Waals surface area contributed by atoms with Crippen LogP contribution in [0, 0.1) is 0 Å². The van der Waals surface area contributed by atoms with Gasteiger partial charge in [0.1, 0.15) is 17.0 Å². The molecular formula is C59H35N9O. The average molecular weight is 886 g/mol. The van der Waals surface area contributed by atoms with Gasteiger partial charge in [0.15, 0.2) is 17.5 Å². The summed E-state index contributed by atoms with van der Waals surface area (Å²) in [4.78, 5) is 36.0. The molecular weight excluding hydrogens is 851 g/mol. The van der Waals surface area contributed by atoms with E-state index in [0.717, 1.165) is 99.3 Å². The fourth-order valence-corrected chi connectivity index (χ4v) is 9.76. The molecule has 0 amide bonds. The van der Waals surface area contributed by atoms with Crippen LogP contribution in [0.25, 0.3) is 134 Å². The summed E-state index contributed by atoms with van der Waals surface area (Å²) < 4.78 is 10.6. The van der Waals surface area contributed by atoms with Crippen LogP contribution in [0.15, 0.2) is 217 Å². The Balaban J connectivity index is 0.990. The number of aromatic nitrogens is 9. The summed E-state index contributed by atoms with van der Waals surface area (Å²) in [5.74, 6) is 3.45. The standard InChI is InChI=1S/C59H35N9O/c1-4-17-36(18-5-1)54-61-55(37-19-6-2-7-20-37)63-57(62-54)58-64-56(38-21-8-3-9-22-38)65-59(66-58)68-46-28-14-11-25-42(46)53-48(68)33-32-47-52(53)41-24-10-13-27-45(41)67(47)51-30-16-26-44(60-51)39-31-34-50-43(35-39)40-23-12-15-29-49(40)69-50/h1-35H. The lowest BCUT2D eigenvalue weighted by molar-refractivity contribution is 0.669. The van der Waals surface area contributed by atoms with Gasteiger partial charge in [-0.05, 0) is 60.7 Å². The number of fused-ring (bicyclic) bond motifs is 10. The maximum Gasteiger partial charge on any atom is 0.238 e. The van der Waals surface area contributed by atoms with Crippen LogP contribution in [0.5, 0.6) is 0 Å². The Labute approximate surface area is 393 Å². The van der Waals surface area contributed by atoms with Crippen LogP contribution >= 0.6 is 0 Å². The van der Waals surface area contributed by atoms with Gasteiger partial charge in [0.25, 0.3) is 0 Å². The first-order valence-corrected chi connectivity index (χ1v) is 22.7. The first kappa shape index (κ1) is 38.6. The minimum atomic E-state index is 0.324. The molecule has 10 nitrogen and oxygen atoms in total. The molecule has 6 heterocycles. The minimum Gasteiger partial charge on any atom is -0.456 e. The van der Waals surface area contributed by atoms with Gasteiger partial charge in [0.05, 0.1) is 27.8 Å². The van der Waals surface area contributed by atoms with Crippen molar-refractivity contribution in [3.05, 3.63) is 212 Å². The van der Waals surface area contributed by atoms with Gasteiger partial charge in [-0.2, -0.15) is 9.97 Å². The Morgan fingerprint density at radius 2 is 0.768 bits per heavy atom. The molecule has 6 aromatic heterocycles. The number of nitrogens with zero attached hydrogens (tertiary/aromatic N) is 9. The van der Waals surface area contributed by atoms with E-state index in [0.29, 0.717) is 35.1 Å². The highest BCUT2D eigenvalue weighted by Gasteiger charge is 2.24. The van der Waals surface area contributed by atoms with Gasteiger partial charge < -0.3 is 4.42 Å². The second-order valence-corrected chi connectivity index (χ2v) is 16.9. The molecule has 0 aliphatic rings. The van der Waals surface area contributed by atoms with Crippen molar-refractivity contribution in [3.63, 3.8) is 0 Å². The van der Waals surface area contributed by atoms with Gasteiger partial charge >= 0.3 is 0 Å². The lowest BCUT2D eigenvalue weighted by Crippen LogP contribution is -2.09. The van der Waals surface area contributed by atoms with Crippen LogP contribution in [0.2, 0.25) is 0 Å². The number of hydrogen-bond acceptors (Lipinski definition) is 8. The molecule has 0 bridgehead atoms. The fourth-order valence-electron chi connectivity index (χ4n) is 9.76. The molecule has 0 N–H and O–H groups in total. The van der Waals surface area contributed by atoms with Crippen LogP contribution in [0.3, 0.4) is 0 Å². The van der Waals surface area contributed by atoms with Gasteiger partial charge in [-0.1, -0.05) is 152 Å². The Bertz CT molecular complexity index is 4260. The highest BCUT2D eigenvalue weighted by atomic mass is 16.3. The lowest BCUT2D eigenvalue weighted by Gasteiger charge is -2.12. The lowest BCUT2D eigenvalue weighted by atomic mass is 10.1. The molecule has 0 spiro atoms. The van der Waals surface area contributed by atoms with E-state index in [9.17, 15) is 0 Å². The summed E-state index contributed by atoms with van der Waals surface area (Å²) in [6, 6.07) is 71.9. The first-order valence-electron chi connectivity index (χ1n) is 22.7. The largest absolute Gasteiger partial charge is 0.456 e. The van der Waals surface area contributed by atoms with Crippen LogP contribution < -0.4 is 0 Å². The predicted molar refractivity (Wildman–Crippen MR) is 274 cm³/mol. The molecule has 10 heteroatoms. The zero-order valence-electron chi connectivity index (χ0n) is 36.6. The topological polar surface area (TPSA) is 113 Å². The van der Waals surface area contributed by atoms with E-state index in [1.54, 1.807) is 0 Å². The number of para-hydroxylation sites is 3. The van der Waals surface area contributed by atoms with Crippen molar-refractivity contribution in [1.82, 2.24) is 44.0 Å². The third kappa shape index (κ3) is 6.31. The highest BCUT2D eigenvalue weighted by Crippen LogP contribution is 2.42. The molecule has 8 aromatic carbocycles. The fraction of sp³-hybridized carbons (Fsp3) is 0. The summed E-state index contributed by atoms with van der Waals surface area (Å²) in [6.07, 6.45) is 0. The molecule has 322 valence electrons. The summed E-state index contributed by atoms with van der Waals surface area (Å²) in [5.41, 5.74) is 10.1. The third-order valence-electron chi connectivity index (χ3n) is 12.9. The molecule has 0 aliphatic carbocycles. The zero-order valence-corrected chi connectivity index (χ0v) is 36.6. The number of hydrogen-bond donors (Lipinski definition) is 0. The van der Waals surface area contributed by atoms with E-state index >= 15 is 0 Å². The molecule has 69 heavy (non-hydrogen) atoms. The van der Waals surface area contributed by atoms with E-state index in [2.05, 4.69) is 106 Å². The molecule has 0 saturated heterocycles. The maximum atomic E-state index is 6.16. The summed E-state index contributed by atoms with van der Waals surface area (Å²) >= 11 is 0. The van der Waals surface area contributed by atoms with Gasteiger partial charge in [0.2, 0.25) is 17.6 Å². The molecule has 0 fully saturated rings.